The second-order valence-electron chi connectivity index (χ2n) is 6.49. The zero-order chi connectivity index (χ0) is 18.4. The summed E-state index contributed by atoms with van der Waals surface area (Å²) < 4.78 is 32.4. The molecule has 1 aliphatic heterocycles. The maximum Gasteiger partial charge on any atom is 0.238 e. The molecule has 1 fully saturated rings. The third-order valence-corrected chi connectivity index (χ3v) is 4.26. The SMILES string of the molecule is O=C(CN(Cc1cccc(F)c1)CC1CCCO1)Nc1cccc(F)c1. The van der Waals surface area contributed by atoms with Gasteiger partial charge < -0.3 is 10.1 Å². The van der Waals surface area contributed by atoms with Gasteiger partial charge in [-0.2, -0.15) is 0 Å². The van der Waals surface area contributed by atoms with Crippen molar-refractivity contribution in [3.63, 3.8) is 0 Å². The predicted molar refractivity (Wildman–Crippen MR) is 95.7 cm³/mol. The molecule has 1 aliphatic rings. The molecule has 2 aromatic rings. The second-order valence-corrected chi connectivity index (χ2v) is 6.49. The average molecular weight is 360 g/mol. The Morgan fingerprint density at radius 3 is 2.62 bits per heavy atom. The lowest BCUT2D eigenvalue weighted by Gasteiger charge is -2.24. The molecule has 3 rings (SSSR count). The molecule has 1 saturated heterocycles. The van der Waals surface area contributed by atoms with E-state index in [9.17, 15) is 13.6 Å². The molecule has 1 heterocycles. The Morgan fingerprint density at radius 1 is 1.15 bits per heavy atom. The summed E-state index contributed by atoms with van der Waals surface area (Å²) in [5, 5.41) is 2.70. The van der Waals surface area contributed by atoms with Crippen LogP contribution in [0.15, 0.2) is 48.5 Å². The van der Waals surface area contributed by atoms with Crippen LogP contribution in [0.2, 0.25) is 0 Å². The van der Waals surface area contributed by atoms with Crippen LogP contribution in [0, 0.1) is 11.6 Å². The summed E-state index contributed by atoms with van der Waals surface area (Å²) in [6, 6.07) is 12.1. The van der Waals surface area contributed by atoms with Crippen molar-refractivity contribution in [1.82, 2.24) is 4.90 Å². The van der Waals surface area contributed by atoms with E-state index in [1.165, 1.54) is 24.3 Å². The Labute approximate surface area is 151 Å². The van der Waals surface area contributed by atoms with Crippen LogP contribution in [0.5, 0.6) is 0 Å². The summed E-state index contributed by atoms with van der Waals surface area (Å²) in [5.41, 5.74) is 1.21. The summed E-state index contributed by atoms with van der Waals surface area (Å²) in [5.74, 6) is -0.951. The predicted octanol–water partition coefficient (Wildman–Crippen LogP) is 3.58. The molecule has 6 heteroatoms. The largest absolute Gasteiger partial charge is 0.377 e. The number of carbonyl (C=O) groups excluding carboxylic acids is 1. The first-order valence-corrected chi connectivity index (χ1v) is 8.72. The van der Waals surface area contributed by atoms with Gasteiger partial charge in [-0.05, 0) is 48.7 Å². The van der Waals surface area contributed by atoms with E-state index in [2.05, 4.69) is 5.32 Å². The maximum atomic E-state index is 13.5. The van der Waals surface area contributed by atoms with E-state index in [1.807, 2.05) is 11.0 Å². The van der Waals surface area contributed by atoms with E-state index in [1.54, 1.807) is 18.2 Å². The highest BCUT2D eigenvalue weighted by Gasteiger charge is 2.21. The number of hydrogen-bond acceptors (Lipinski definition) is 3. The summed E-state index contributed by atoms with van der Waals surface area (Å²) in [6.07, 6.45) is 2.03. The quantitative estimate of drug-likeness (QED) is 0.821. The fraction of sp³-hybridized carbons (Fsp3) is 0.350. The number of amides is 1. The number of hydrogen-bond donors (Lipinski definition) is 1. The standard InChI is InChI=1S/C20H22F2N2O2/c21-16-5-1-4-15(10-16)12-24(13-19-8-3-9-26-19)14-20(25)23-18-7-2-6-17(22)11-18/h1-2,4-7,10-11,19H,3,8-9,12-14H2,(H,23,25). The Hall–Kier alpha value is -2.31. The molecule has 138 valence electrons. The van der Waals surface area contributed by atoms with Crippen LogP contribution >= 0.6 is 0 Å². The molecule has 0 saturated carbocycles. The van der Waals surface area contributed by atoms with Gasteiger partial charge in [0, 0.05) is 25.4 Å². The lowest BCUT2D eigenvalue weighted by molar-refractivity contribution is -0.117. The molecule has 0 aromatic heterocycles. The third-order valence-electron chi connectivity index (χ3n) is 4.26. The van der Waals surface area contributed by atoms with Gasteiger partial charge in [0.15, 0.2) is 0 Å². The molecular formula is C20H22F2N2O2. The molecule has 1 unspecified atom stereocenters. The van der Waals surface area contributed by atoms with E-state index in [0.717, 1.165) is 25.0 Å². The number of nitrogens with zero attached hydrogens (tertiary/aromatic N) is 1. The van der Waals surface area contributed by atoms with Gasteiger partial charge in [-0.1, -0.05) is 18.2 Å². The van der Waals surface area contributed by atoms with Crippen LogP contribution in [-0.2, 0) is 16.1 Å². The van der Waals surface area contributed by atoms with E-state index < -0.39 is 5.82 Å². The van der Waals surface area contributed by atoms with Crippen molar-refractivity contribution in [1.29, 1.82) is 0 Å². The molecule has 0 bridgehead atoms. The highest BCUT2D eigenvalue weighted by molar-refractivity contribution is 5.92. The van der Waals surface area contributed by atoms with Crippen molar-refractivity contribution >= 4 is 11.6 Å². The van der Waals surface area contributed by atoms with Crippen molar-refractivity contribution in [2.24, 2.45) is 0 Å². The highest BCUT2D eigenvalue weighted by atomic mass is 19.1. The zero-order valence-electron chi connectivity index (χ0n) is 14.5. The van der Waals surface area contributed by atoms with Crippen LogP contribution in [0.4, 0.5) is 14.5 Å². The number of anilines is 1. The van der Waals surface area contributed by atoms with E-state index in [0.29, 0.717) is 18.8 Å². The van der Waals surface area contributed by atoms with Crippen LogP contribution in [-0.4, -0.2) is 36.6 Å². The number of benzene rings is 2. The van der Waals surface area contributed by atoms with Gasteiger partial charge in [0.1, 0.15) is 11.6 Å². The zero-order valence-corrected chi connectivity index (χ0v) is 14.5. The van der Waals surface area contributed by atoms with Crippen LogP contribution in [0.3, 0.4) is 0 Å². The molecule has 1 atom stereocenters. The summed E-state index contributed by atoms with van der Waals surface area (Å²) in [6.45, 7) is 1.88. The third kappa shape index (κ3) is 5.61. The number of rotatable bonds is 7. The van der Waals surface area contributed by atoms with Gasteiger partial charge in [-0.3, -0.25) is 9.69 Å². The van der Waals surface area contributed by atoms with Crippen molar-refractivity contribution in [3.8, 4) is 0 Å². The normalized spacial score (nSPS) is 16.8. The molecule has 0 aliphatic carbocycles. The van der Waals surface area contributed by atoms with Crippen molar-refractivity contribution in [2.75, 3.05) is 25.0 Å². The maximum absolute atomic E-state index is 13.5. The van der Waals surface area contributed by atoms with Gasteiger partial charge in [0.05, 0.1) is 12.6 Å². The molecule has 0 radical (unpaired) electrons. The molecule has 26 heavy (non-hydrogen) atoms. The summed E-state index contributed by atoms with van der Waals surface area (Å²) in [7, 11) is 0. The fourth-order valence-electron chi connectivity index (χ4n) is 3.12. The molecule has 4 nitrogen and oxygen atoms in total. The fourth-order valence-corrected chi connectivity index (χ4v) is 3.12. The van der Waals surface area contributed by atoms with Crippen molar-refractivity contribution < 1.29 is 18.3 Å². The van der Waals surface area contributed by atoms with Crippen molar-refractivity contribution in [3.05, 3.63) is 65.7 Å². The van der Waals surface area contributed by atoms with E-state index in [-0.39, 0.29) is 24.4 Å². The molecule has 1 amide bonds. The first-order valence-electron chi connectivity index (χ1n) is 8.72. The number of nitrogens with one attached hydrogen (secondary N) is 1. The molecule has 0 spiro atoms. The lowest BCUT2D eigenvalue weighted by Crippen LogP contribution is -2.38. The molecule has 2 aromatic carbocycles. The van der Waals surface area contributed by atoms with Gasteiger partial charge in [-0.15, -0.1) is 0 Å². The number of ether oxygens (including phenoxy) is 1. The average Bonchev–Trinajstić information content (AvgIpc) is 3.07. The van der Waals surface area contributed by atoms with Gasteiger partial charge in [-0.25, -0.2) is 8.78 Å². The van der Waals surface area contributed by atoms with Crippen LogP contribution in [0.1, 0.15) is 18.4 Å². The van der Waals surface area contributed by atoms with Crippen molar-refractivity contribution in [2.45, 2.75) is 25.5 Å². The number of carbonyl (C=O) groups is 1. The van der Waals surface area contributed by atoms with Gasteiger partial charge in [0.2, 0.25) is 5.91 Å². The second kappa shape index (κ2) is 8.87. The van der Waals surface area contributed by atoms with Crippen LogP contribution in [0.25, 0.3) is 0 Å². The van der Waals surface area contributed by atoms with Gasteiger partial charge >= 0.3 is 0 Å². The first kappa shape index (κ1) is 18.5. The minimum atomic E-state index is -0.404. The van der Waals surface area contributed by atoms with Crippen LogP contribution < -0.4 is 5.32 Å². The lowest BCUT2D eigenvalue weighted by atomic mass is 10.1. The smallest absolute Gasteiger partial charge is 0.238 e. The Morgan fingerprint density at radius 2 is 1.92 bits per heavy atom. The summed E-state index contributed by atoms with van der Waals surface area (Å²) >= 11 is 0. The monoisotopic (exact) mass is 360 g/mol. The summed E-state index contributed by atoms with van der Waals surface area (Å²) in [4.78, 5) is 14.3. The minimum Gasteiger partial charge on any atom is -0.377 e. The topological polar surface area (TPSA) is 41.6 Å². The van der Waals surface area contributed by atoms with E-state index in [4.69, 9.17) is 4.74 Å². The molecular weight excluding hydrogens is 338 g/mol. The van der Waals surface area contributed by atoms with E-state index >= 15 is 0 Å². The van der Waals surface area contributed by atoms with Gasteiger partial charge in [0.25, 0.3) is 0 Å². The minimum absolute atomic E-state index is 0.0746. The molecule has 1 N–H and O–H groups in total. The Bertz CT molecular complexity index is 748. The first-order chi connectivity index (χ1) is 12.6. The Balaban J connectivity index is 1.64. The Kier molecular flexibility index (Phi) is 6.30. The number of halogens is 2. The highest BCUT2D eigenvalue weighted by Crippen LogP contribution is 2.16.